The van der Waals surface area contributed by atoms with Crippen molar-refractivity contribution in [3.05, 3.63) is 64.2 Å². The molecule has 0 aliphatic heterocycles. The van der Waals surface area contributed by atoms with Crippen LogP contribution in [0.15, 0.2) is 47.3 Å². The van der Waals surface area contributed by atoms with Gasteiger partial charge in [-0.2, -0.15) is 0 Å². The van der Waals surface area contributed by atoms with Crippen LogP contribution in [0.5, 0.6) is 5.75 Å². The molecule has 39 heavy (non-hydrogen) atoms. The lowest BCUT2D eigenvalue weighted by atomic mass is 10.1. The Morgan fingerprint density at radius 1 is 0.974 bits per heavy atom. The summed E-state index contributed by atoms with van der Waals surface area (Å²) in [6.07, 6.45) is 8.64. The fourth-order valence-electron chi connectivity index (χ4n) is 4.94. The molecular weight excluding hydrogens is 488 g/mol. The van der Waals surface area contributed by atoms with Crippen LogP contribution >= 0.6 is 0 Å². The van der Waals surface area contributed by atoms with Crippen molar-refractivity contribution >= 4 is 16.8 Å². The number of unbranched alkanes of at least 4 members (excludes halogenated alkanes) is 6. The second kappa shape index (κ2) is 14.8. The van der Waals surface area contributed by atoms with E-state index in [0.717, 1.165) is 24.9 Å². The topological polar surface area (TPSA) is 67.7 Å². The molecular formula is C32H46N4O3. The highest BCUT2D eigenvalue weighted by Crippen LogP contribution is 2.25. The van der Waals surface area contributed by atoms with Crippen molar-refractivity contribution in [3.8, 4) is 11.4 Å². The number of ether oxygens (including phenoxy) is 1. The van der Waals surface area contributed by atoms with Crippen molar-refractivity contribution in [1.82, 2.24) is 19.4 Å². The van der Waals surface area contributed by atoms with Crippen LogP contribution in [0.1, 0.15) is 82.6 Å². The predicted octanol–water partition coefficient (Wildman–Crippen LogP) is 6.29. The van der Waals surface area contributed by atoms with Gasteiger partial charge in [0.15, 0.2) is 0 Å². The number of likely N-dealkylation sites (N-methyl/N-ethyl adjacent to an activating group) is 1. The smallest absolute Gasteiger partial charge is 0.266 e. The molecule has 1 unspecified atom stereocenters. The third-order valence-corrected chi connectivity index (χ3v) is 7.32. The number of nitrogens with zero attached hydrogens (tertiary/aromatic N) is 4. The zero-order chi connectivity index (χ0) is 28.4. The second-order valence-corrected chi connectivity index (χ2v) is 10.8. The van der Waals surface area contributed by atoms with Crippen LogP contribution in [0.3, 0.4) is 0 Å². The Labute approximate surface area is 233 Å². The van der Waals surface area contributed by atoms with E-state index in [-0.39, 0.29) is 17.5 Å². The van der Waals surface area contributed by atoms with E-state index >= 15 is 0 Å². The Hall–Kier alpha value is -3.19. The summed E-state index contributed by atoms with van der Waals surface area (Å²) in [7, 11) is 5.63. The minimum absolute atomic E-state index is 0.109. The molecule has 0 fully saturated rings. The first-order chi connectivity index (χ1) is 18.8. The maximum atomic E-state index is 13.9. The summed E-state index contributed by atoms with van der Waals surface area (Å²) in [5.74, 6) is 1.38. The SMILES string of the molecule is CCCCCCCCCC(=O)N(CCN(C)C)C(C)c1nc2ccc(C)cc2c(=O)n1-c1ccc(OC)cc1. The maximum Gasteiger partial charge on any atom is 0.266 e. The number of carbonyl (C=O) groups excluding carboxylic acids is 1. The largest absolute Gasteiger partial charge is 0.497 e. The van der Waals surface area contributed by atoms with E-state index in [4.69, 9.17) is 9.72 Å². The number of fused-ring (bicyclic) bond motifs is 1. The molecule has 0 saturated carbocycles. The Kier molecular flexibility index (Phi) is 11.5. The minimum atomic E-state index is -0.387. The van der Waals surface area contributed by atoms with Gasteiger partial charge < -0.3 is 14.5 Å². The third kappa shape index (κ3) is 8.15. The molecule has 1 amide bonds. The molecule has 0 saturated heterocycles. The molecule has 0 aliphatic rings. The van der Waals surface area contributed by atoms with Gasteiger partial charge in [-0.1, -0.05) is 57.1 Å². The van der Waals surface area contributed by atoms with Gasteiger partial charge in [0.25, 0.3) is 5.56 Å². The van der Waals surface area contributed by atoms with Gasteiger partial charge in [0.05, 0.1) is 29.7 Å². The molecule has 1 atom stereocenters. The molecule has 0 bridgehead atoms. The highest BCUT2D eigenvalue weighted by Gasteiger charge is 2.26. The Balaban J connectivity index is 1.97. The van der Waals surface area contributed by atoms with Crippen LogP contribution in [-0.4, -0.2) is 59.6 Å². The standard InChI is InChI=1S/C32H46N4O3/c1-7-8-9-10-11-12-13-14-30(37)35(22-21-34(4)5)25(3)31-33-29-20-15-24(2)23-28(29)32(38)36(31)26-16-18-27(39-6)19-17-26/h15-20,23,25H,7-14,21-22H2,1-6H3. The molecule has 2 aromatic carbocycles. The third-order valence-electron chi connectivity index (χ3n) is 7.32. The summed E-state index contributed by atoms with van der Waals surface area (Å²) >= 11 is 0. The molecule has 0 N–H and O–H groups in total. The lowest BCUT2D eigenvalue weighted by Gasteiger charge is -2.31. The highest BCUT2D eigenvalue weighted by molar-refractivity contribution is 5.79. The number of methoxy groups -OCH3 is 1. The van der Waals surface area contributed by atoms with Gasteiger partial charge in [0.1, 0.15) is 11.6 Å². The van der Waals surface area contributed by atoms with Crippen LogP contribution in [0.2, 0.25) is 0 Å². The highest BCUT2D eigenvalue weighted by atomic mass is 16.5. The van der Waals surface area contributed by atoms with E-state index in [1.807, 2.05) is 75.3 Å². The van der Waals surface area contributed by atoms with Crippen molar-refractivity contribution in [2.75, 3.05) is 34.3 Å². The van der Waals surface area contributed by atoms with Crippen LogP contribution in [-0.2, 0) is 4.79 Å². The van der Waals surface area contributed by atoms with Crippen LogP contribution < -0.4 is 10.3 Å². The number of aromatic nitrogens is 2. The average Bonchev–Trinajstić information content (AvgIpc) is 2.92. The fourth-order valence-corrected chi connectivity index (χ4v) is 4.94. The second-order valence-electron chi connectivity index (χ2n) is 10.8. The Morgan fingerprint density at radius 2 is 1.64 bits per heavy atom. The van der Waals surface area contributed by atoms with Gasteiger partial charge in [-0.25, -0.2) is 4.98 Å². The molecule has 3 rings (SSSR count). The molecule has 0 aliphatic carbocycles. The molecule has 212 valence electrons. The minimum Gasteiger partial charge on any atom is -0.497 e. The molecule has 1 aromatic heterocycles. The van der Waals surface area contributed by atoms with E-state index in [9.17, 15) is 9.59 Å². The summed E-state index contributed by atoms with van der Waals surface area (Å²) in [4.78, 5) is 36.5. The number of rotatable bonds is 15. The zero-order valence-electron chi connectivity index (χ0n) is 24.7. The van der Waals surface area contributed by atoms with Crippen molar-refractivity contribution in [2.24, 2.45) is 0 Å². The first kappa shape index (κ1) is 30.4. The number of aryl methyl sites for hydroxylation is 1. The summed E-state index contributed by atoms with van der Waals surface area (Å²) in [6, 6.07) is 12.8. The molecule has 0 radical (unpaired) electrons. The molecule has 7 nitrogen and oxygen atoms in total. The first-order valence-electron chi connectivity index (χ1n) is 14.4. The molecule has 1 heterocycles. The summed E-state index contributed by atoms with van der Waals surface area (Å²) in [6.45, 7) is 7.47. The maximum absolute atomic E-state index is 13.9. The van der Waals surface area contributed by atoms with E-state index in [1.165, 1.54) is 32.1 Å². The number of hydrogen-bond acceptors (Lipinski definition) is 5. The van der Waals surface area contributed by atoms with Gasteiger partial charge in [0, 0.05) is 19.5 Å². The summed E-state index contributed by atoms with van der Waals surface area (Å²) in [5.41, 5.74) is 2.21. The van der Waals surface area contributed by atoms with E-state index in [1.54, 1.807) is 11.7 Å². The van der Waals surface area contributed by atoms with Crippen LogP contribution in [0, 0.1) is 6.92 Å². The molecule has 0 spiro atoms. The average molecular weight is 535 g/mol. The molecule has 3 aromatic rings. The summed E-state index contributed by atoms with van der Waals surface area (Å²) in [5, 5.41) is 0.566. The number of hydrogen-bond donors (Lipinski definition) is 0. The van der Waals surface area contributed by atoms with Gasteiger partial charge in [-0.05, 0) is 70.8 Å². The predicted molar refractivity (Wildman–Crippen MR) is 160 cm³/mol. The molecule has 7 heteroatoms. The monoisotopic (exact) mass is 534 g/mol. The summed E-state index contributed by atoms with van der Waals surface area (Å²) < 4.78 is 7.00. The van der Waals surface area contributed by atoms with Gasteiger partial charge in [0.2, 0.25) is 5.91 Å². The van der Waals surface area contributed by atoms with E-state index in [0.29, 0.717) is 41.1 Å². The van der Waals surface area contributed by atoms with Crippen molar-refractivity contribution in [1.29, 1.82) is 0 Å². The lowest BCUT2D eigenvalue weighted by Crippen LogP contribution is -2.40. The van der Waals surface area contributed by atoms with Crippen molar-refractivity contribution < 1.29 is 9.53 Å². The van der Waals surface area contributed by atoms with Gasteiger partial charge in [-0.15, -0.1) is 0 Å². The number of carbonyl (C=O) groups is 1. The first-order valence-corrected chi connectivity index (χ1v) is 14.4. The van der Waals surface area contributed by atoms with Crippen LogP contribution in [0.4, 0.5) is 0 Å². The fraction of sp³-hybridized carbons (Fsp3) is 0.531. The van der Waals surface area contributed by atoms with E-state index in [2.05, 4.69) is 11.8 Å². The van der Waals surface area contributed by atoms with E-state index < -0.39 is 0 Å². The van der Waals surface area contributed by atoms with Crippen LogP contribution in [0.25, 0.3) is 16.6 Å². The number of benzene rings is 2. The quantitative estimate of drug-likeness (QED) is 0.214. The van der Waals surface area contributed by atoms with Crippen molar-refractivity contribution in [3.63, 3.8) is 0 Å². The lowest BCUT2D eigenvalue weighted by molar-refractivity contribution is -0.133. The van der Waals surface area contributed by atoms with Gasteiger partial charge >= 0.3 is 0 Å². The zero-order valence-corrected chi connectivity index (χ0v) is 24.7. The van der Waals surface area contributed by atoms with Gasteiger partial charge in [-0.3, -0.25) is 14.2 Å². The Bertz CT molecular complexity index is 1270. The number of amides is 1. The van der Waals surface area contributed by atoms with Crippen molar-refractivity contribution in [2.45, 2.75) is 78.2 Å². The normalized spacial score (nSPS) is 12.2. The Morgan fingerprint density at radius 3 is 2.28 bits per heavy atom.